The molecule has 0 unspecified atom stereocenters. The van der Waals surface area contributed by atoms with Crippen LogP contribution in [0.3, 0.4) is 0 Å². The van der Waals surface area contributed by atoms with Gasteiger partial charge in [-0.3, -0.25) is 0 Å². The average Bonchev–Trinajstić information content (AvgIpc) is 3.64. The molecular formula is C51H31N3O. The molecule has 0 aliphatic rings. The molecule has 256 valence electrons. The number of aromatic nitrogens is 3. The Morgan fingerprint density at radius 2 is 0.873 bits per heavy atom. The highest BCUT2D eigenvalue weighted by molar-refractivity contribution is 6.19. The van der Waals surface area contributed by atoms with Crippen molar-refractivity contribution in [2.75, 3.05) is 0 Å². The van der Waals surface area contributed by atoms with Gasteiger partial charge in [0.15, 0.2) is 17.5 Å². The first-order chi connectivity index (χ1) is 27.2. The molecule has 0 N–H and O–H groups in total. The predicted octanol–water partition coefficient (Wildman–Crippen LogP) is 13.6. The van der Waals surface area contributed by atoms with Crippen LogP contribution in [0.25, 0.3) is 111 Å². The van der Waals surface area contributed by atoms with Crippen LogP contribution in [0.2, 0.25) is 0 Å². The van der Waals surface area contributed by atoms with Gasteiger partial charge in [0.2, 0.25) is 0 Å². The van der Waals surface area contributed by atoms with Crippen molar-refractivity contribution in [1.82, 2.24) is 15.0 Å². The summed E-state index contributed by atoms with van der Waals surface area (Å²) in [5.41, 5.74) is 9.12. The summed E-state index contributed by atoms with van der Waals surface area (Å²) in [6.07, 6.45) is 0. The van der Waals surface area contributed by atoms with Crippen molar-refractivity contribution in [2.45, 2.75) is 0 Å². The maximum Gasteiger partial charge on any atom is 0.164 e. The lowest BCUT2D eigenvalue weighted by atomic mass is 9.94. The van der Waals surface area contributed by atoms with Crippen LogP contribution in [0.1, 0.15) is 0 Å². The predicted molar refractivity (Wildman–Crippen MR) is 227 cm³/mol. The van der Waals surface area contributed by atoms with E-state index in [-0.39, 0.29) is 0 Å². The molecule has 0 aliphatic carbocycles. The molecule has 0 aliphatic heterocycles. The molecule has 2 aromatic heterocycles. The Labute approximate surface area is 317 Å². The van der Waals surface area contributed by atoms with E-state index in [4.69, 9.17) is 19.4 Å². The summed E-state index contributed by atoms with van der Waals surface area (Å²) in [5, 5.41) is 9.20. The third kappa shape index (κ3) is 5.34. The second kappa shape index (κ2) is 12.6. The Hall–Kier alpha value is -7.43. The number of furan rings is 1. The van der Waals surface area contributed by atoms with E-state index in [2.05, 4.69) is 152 Å². The molecule has 2 heterocycles. The normalized spacial score (nSPS) is 11.6. The van der Waals surface area contributed by atoms with Gasteiger partial charge in [0.25, 0.3) is 0 Å². The maximum atomic E-state index is 6.63. The van der Waals surface area contributed by atoms with Crippen LogP contribution in [0.4, 0.5) is 0 Å². The zero-order valence-corrected chi connectivity index (χ0v) is 29.6. The van der Waals surface area contributed by atoms with Gasteiger partial charge in [0.05, 0.1) is 0 Å². The van der Waals surface area contributed by atoms with E-state index in [1.807, 2.05) is 36.4 Å². The minimum Gasteiger partial charge on any atom is -0.455 e. The second-order valence-electron chi connectivity index (χ2n) is 14.0. The average molecular weight is 702 g/mol. The van der Waals surface area contributed by atoms with Gasteiger partial charge in [0, 0.05) is 32.8 Å². The Kier molecular flexibility index (Phi) is 7.14. The van der Waals surface area contributed by atoms with Gasteiger partial charge in [-0.2, -0.15) is 0 Å². The molecule has 0 atom stereocenters. The molecule has 11 aromatic rings. The molecule has 0 saturated carbocycles. The highest BCUT2D eigenvalue weighted by Gasteiger charge is 2.18. The van der Waals surface area contributed by atoms with Crippen molar-refractivity contribution in [3.63, 3.8) is 0 Å². The molecule has 55 heavy (non-hydrogen) atoms. The molecule has 0 fully saturated rings. The quantitative estimate of drug-likeness (QED) is 0.179. The molecule has 0 spiro atoms. The lowest BCUT2D eigenvalue weighted by Gasteiger charge is -2.10. The van der Waals surface area contributed by atoms with Gasteiger partial charge in [-0.05, 0) is 79.5 Å². The smallest absolute Gasteiger partial charge is 0.164 e. The van der Waals surface area contributed by atoms with Crippen LogP contribution in [0.15, 0.2) is 192 Å². The van der Waals surface area contributed by atoms with Crippen LogP contribution in [0, 0.1) is 0 Å². The Balaban J connectivity index is 1.07. The molecule has 4 heteroatoms. The van der Waals surface area contributed by atoms with Crippen molar-refractivity contribution in [1.29, 1.82) is 0 Å². The summed E-state index contributed by atoms with van der Waals surface area (Å²) in [4.78, 5) is 15.2. The van der Waals surface area contributed by atoms with Crippen molar-refractivity contribution in [2.24, 2.45) is 0 Å². The monoisotopic (exact) mass is 701 g/mol. The van der Waals surface area contributed by atoms with E-state index in [1.165, 1.54) is 38.2 Å². The third-order valence-corrected chi connectivity index (χ3v) is 10.7. The van der Waals surface area contributed by atoms with E-state index < -0.39 is 0 Å². The summed E-state index contributed by atoms with van der Waals surface area (Å²) in [6, 6.07) is 65.8. The molecular weight excluding hydrogens is 671 g/mol. The largest absolute Gasteiger partial charge is 0.455 e. The van der Waals surface area contributed by atoms with Crippen LogP contribution in [0.5, 0.6) is 0 Å². The standard InChI is InChI=1S/C51H31N3O/c1-2-13-35(14-3-1)49-52-50(36-24-22-34(23-25-36)41-20-10-16-33-12-6-7-17-40(33)41)54-51(53-49)39-27-28-47-45(30-39)46-31-44(42-18-8-9-19-43(42)48(46)55-47)38-26-21-32-11-4-5-15-37(32)29-38/h1-31H. The van der Waals surface area contributed by atoms with Crippen LogP contribution < -0.4 is 0 Å². The molecule has 0 amide bonds. The zero-order chi connectivity index (χ0) is 36.3. The van der Waals surface area contributed by atoms with Crippen LogP contribution in [-0.2, 0) is 0 Å². The third-order valence-electron chi connectivity index (χ3n) is 10.7. The van der Waals surface area contributed by atoms with Crippen LogP contribution in [-0.4, -0.2) is 15.0 Å². The summed E-state index contributed by atoms with van der Waals surface area (Å²) in [5.74, 6) is 1.85. The fraction of sp³-hybridized carbons (Fsp3) is 0. The van der Waals surface area contributed by atoms with Crippen LogP contribution >= 0.6 is 0 Å². The second-order valence-corrected chi connectivity index (χ2v) is 14.0. The summed E-state index contributed by atoms with van der Waals surface area (Å²) in [7, 11) is 0. The number of hydrogen-bond donors (Lipinski definition) is 0. The van der Waals surface area contributed by atoms with Crippen molar-refractivity contribution >= 4 is 54.3 Å². The van der Waals surface area contributed by atoms with Gasteiger partial charge in [-0.25, -0.2) is 15.0 Å². The number of fused-ring (bicyclic) bond motifs is 7. The van der Waals surface area contributed by atoms with E-state index >= 15 is 0 Å². The van der Waals surface area contributed by atoms with Gasteiger partial charge < -0.3 is 4.42 Å². The Morgan fingerprint density at radius 3 is 1.67 bits per heavy atom. The highest BCUT2D eigenvalue weighted by Crippen LogP contribution is 2.41. The fourth-order valence-electron chi connectivity index (χ4n) is 7.96. The summed E-state index contributed by atoms with van der Waals surface area (Å²) in [6.45, 7) is 0. The molecule has 9 aromatic carbocycles. The van der Waals surface area contributed by atoms with Crippen molar-refractivity contribution in [3.05, 3.63) is 188 Å². The van der Waals surface area contributed by atoms with Gasteiger partial charge in [0.1, 0.15) is 11.2 Å². The molecule has 4 nitrogen and oxygen atoms in total. The molecule has 11 rings (SSSR count). The lowest BCUT2D eigenvalue weighted by molar-refractivity contribution is 0.672. The van der Waals surface area contributed by atoms with E-state index in [0.717, 1.165) is 55.0 Å². The summed E-state index contributed by atoms with van der Waals surface area (Å²) >= 11 is 0. The zero-order valence-electron chi connectivity index (χ0n) is 29.6. The van der Waals surface area contributed by atoms with Gasteiger partial charge >= 0.3 is 0 Å². The number of nitrogens with zero attached hydrogens (tertiary/aromatic N) is 3. The minimum absolute atomic E-state index is 0.605. The maximum absolute atomic E-state index is 6.63. The number of benzene rings is 9. The fourth-order valence-corrected chi connectivity index (χ4v) is 7.96. The Bertz CT molecular complexity index is 3250. The first-order valence-corrected chi connectivity index (χ1v) is 18.5. The topological polar surface area (TPSA) is 51.8 Å². The highest BCUT2D eigenvalue weighted by atomic mass is 16.3. The first-order valence-electron chi connectivity index (χ1n) is 18.5. The van der Waals surface area contributed by atoms with Crippen molar-refractivity contribution < 1.29 is 4.42 Å². The first kappa shape index (κ1) is 31.1. The minimum atomic E-state index is 0.605. The molecule has 0 saturated heterocycles. The van der Waals surface area contributed by atoms with Gasteiger partial charge in [-0.15, -0.1) is 0 Å². The van der Waals surface area contributed by atoms with E-state index in [9.17, 15) is 0 Å². The van der Waals surface area contributed by atoms with E-state index in [1.54, 1.807) is 0 Å². The Morgan fingerprint density at radius 1 is 0.291 bits per heavy atom. The van der Waals surface area contributed by atoms with E-state index in [0.29, 0.717) is 17.5 Å². The molecule has 0 bridgehead atoms. The summed E-state index contributed by atoms with van der Waals surface area (Å²) < 4.78 is 6.63. The number of rotatable bonds is 5. The van der Waals surface area contributed by atoms with Crippen molar-refractivity contribution in [3.8, 4) is 56.4 Å². The SMILES string of the molecule is c1ccc(-c2nc(-c3ccc(-c4cccc5ccccc45)cc3)nc(-c3ccc4oc5c6ccccc6c(-c6ccc7ccccc7c6)cc5c4c3)n2)cc1. The lowest BCUT2D eigenvalue weighted by Crippen LogP contribution is -2.00. The molecule has 0 radical (unpaired) electrons. The number of hydrogen-bond acceptors (Lipinski definition) is 4. The van der Waals surface area contributed by atoms with Gasteiger partial charge in [-0.1, -0.05) is 158 Å².